The largest absolute Gasteiger partial charge is 0.463 e. The molecule has 0 saturated carbocycles. The van der Waals surface area contributed by atoms with Gasteiger partial charge in [-0.25, -0.2) is 9.59 Å². The first-order valence-corrected chi connectivity index (χ1v) is 7.86. The van der Waals surface area contributed by atoms with Crippen molar-refractivity contribution >= 4 is 35.1 Å². The Morgan fingerprint density at radius 3 is 1.38 bits per heavy atom. The van der Waals surface area contributed by atoms with E-state index in [-0.39, 0.29) is 13.2 Å². The predicted molar refractivity (Wildman–Crippen MR) is 95.2 cm³/mol. The summed E-state index contributed by atoms with van der Waals surface area (Å²) in [7, 11) is 0. The summed E-state index contributed by atoms with van der Waals surface area (Å²) in [5, 5.41) is 5.11. The Kier molecular flexibility index (Phi) is 8.88. The van der Waals surface area contributed by atoms with Gasteiger partial charge in [-0.1, -0.05) is 0 Å². The Labute approximate surface area is 150 Å². The van der Waals surface area contributed by atoms with E-state index in [4.69, 9.17) is 0 Å². The van der Waals surface area contributed by atoms with Crippen LogP contribution in [0.25, 0.3) is 0 Å². The molecule has 0 unspecified atom stereocenters. The number of hydrogen-bond acceptors (Lipinski definition) is 6. The molecule has 0 aliphatic carbocycles. The van der Waals surface area contributed by atoms with Crippen LogP contribution in [0.4, 0.5) is 11.4 Å². The first-order valence-electron chi connectivity index (χ1n) is 7.86. The number of amides is 2. The maximum atomic E-state index is 11.7. The molecule has 1 rings (SSSR count). The molecule has 26 heavy (non-hydrogen) atoms. The lowest BCUT2D eigenvalue weighted by atomic mass is 10.2. The highest BCUT2D eigenvalue weighted by atomic mass is 16.5. The maximum absolute atomic E-state index is 11.7. The highest BCUT2D eigenvalue weighted by Gasteiger charge is 2.03. The zero-order chi connectivity index (χ0) is 19.4. The number of anilines is 2. The number of nitrogens with one attached hydrogen (secondary N) is 2. The van der Waals surface area contributed by atoms with E-state index in [2.05, 4.69) is 20.1 Å². The zero-order valence-corrected chi connectivity index (χ0v) is 14.5. The van der Waals surface area contributed by atoms with E-state index in [9.17, 15) is 19.2 Å². The fourth-order valence-electron chi connectivity index (χ4n) is 1.67. The van der Waals surface area contributed by atoms with E-state index in [0.717, 1.165) is 24.3 Å². The Morgan fingerprint density at radius 1 is 0.731 bits per heavy atom. The van der Waals surface area contributed by atoms with Crippen LogP contribution in [0.15, 0.2) is 48.6 Å². The van der Waals surface area contributed by atoms with E-state index in [1.165, 1.54) is 0 Å². The normalized spacial score (nSPS) is 10.5. The molecule has 0 heterocycles. The van der Waals surface area contributed by atoms with E-state index in [1.54, 1.807) is 38.1 Å². The maximum Gasteiger partial charge on any atom is 0.330 e. The molecule has 0 atom stereocenters. The molecule has 0 fully saturated rings. The Balaban J connectivity index is 2.53. The Bertz CT molecular complexity index is 646. The van der Waals surface area contributed by atoms with Crippen LogP contribution in [0.3, 0.4) is 0 Å². The van der Waals surface area contributed by atoms with E-state index in [0.29, 0.717) is 11.4 Å². The number of benzene rings is 1. The Morgan fingerprint density at radius 2 is 1.08 bits per heavy atom. The third kappa shape index (κ3) is 8.44. The number of rotatable bonds is 8. The van der Waals surface area contributed by atoms with Gasteiger partial charge in [0.05, 0.1) is 13.2 Å². The van der Waals surface area contributed by atoms with Crippen molar-refractivity contribution in [3.05, 3.63) is 48.6 Å². The molecule has 138 valence electrons. The first kappa shape index (κ1) is 20.6. The third-order valence-corrected chi connectivity index (χ3v) is 2.73. The molecule has 0 aromatic heterocycles. The Hall–Kier alpha value is -3.42. The third-order valence-electron chi connectivity index (χ3n) is 2.73. The highest BCUT2D eigenvalue weighted by molar-refractivity contribution is 6.04. The molecular weight excluding hydrogens is 340 g/mol. The molecule has 0 radical (unpaired) electrons. The van der Waals surface area contributed by atoms with Crippen molar-refractivity contribution in [2.45, 2.75) is 13.8 Å². The van der Waals surface area contributed by atoms with Gasteiger partial charge in [-0.2, -0.15) is 0 Å². The van der Waals surface area contributed by atoms with Crippen LogP contribution < -0.4 is 10.6 Å². The van der Waals surface area contributed by atoms with Gasteiger partial charge in [-0.15, -0.1) is 0 Å². The number of carbonyl (C=O) groups is 4. The number of carbonyl (C=O) groups excluding carboxylic acids is 4. The summed E-state index contributed by atoms with van der Waals surface area (Å²) < 4.78 is 9.33. The number of esters is 2. The van der Waals surface area contributed by atoms with E-state index in [1.807, 2.05) is 0 Å². The second-order valence-electron chi connectivity index (χ2n) is 4.73. The molecule has 0 spiro atoms. The second-order valence-corrected chi connectivity index (χ2v) is 4.73. The summed E-state index contributed by atoms with van der Waals surface area (Å²) in [5.74, 6) is -2.19. The molecule has 0 saturated heterocycles. The van der Waals surface area contributed by atoms with Gasteiger partial charge in [0.25, 0.3) is 0 Å². The fraction of sp³-hybridized carbons (Fsp3) is 0.222. The SMILES string of the molecule is CCOC(=O)/C=C\C(=O)Nc1ccc(NC(=O)/C=C/C(=O)OCC)cc1. The highest BCUT2D eigenvalue weighted by Crippen LogP contribution is 2.13. The lowest BCUT2D eigenvalue weighted by Crippen LogP contribution is -2.11. The average Bonchev–Trinajstić information content (AvgIpc) is 2.60. The number of ether oxygens (including phenoxy) is 2. The molecule has 2 amide bonds. The van der Waals surface area contributed by atoms with Crippen molar-refractivity contribution in [3.8, 4) is 0 Å². The van der Waals surface area contributed by atoms with Gasteiger partial charge >= 0.3 is 11.9 Å². The van der Waals surface area contributed by atoms with Crippen molar-refractivity contribution < 1.29 is 28.7 Å². The van der Waals surface area contributed by atoms with Crippen LogP contribution in [0, 0.1) is 0 Å². The van der Waals surface area contributed by atoms with Crippen LogP contribution in [-0.4, -0.2) is 37.0 Å². The minimum Gasteiger partial charge on any atom is -0.463 e. The van der Waals surface area contributed by atoms with Crippen molar-refractivity contribution in [1.82, 2.24) is 0 Å². The molecule has 8 heteroatoms. The fourth-order valence-corrected chi connectivity index (χ4v) is 1.67. The molecule has 0 aliphatic heterocycles. The molecule has 0 aliphatic rings. The standard InChI is InChI=1S/C18H20N2O6/c1-3-25-17(23)11-9-15(21)19-13-5-7-14(8-6-13)20-16(22)10-12-18(24)26-4-2/h5-12H,3-4H2,1-2H3,(H,19,21)(H,20,22)/b11-9-,12-10+. The summed E-state index contributed by atoms with van der Waals surface area (Å²) >= 11 is 0. The van der Waals surface area contributed by atoms with Crippen molar-refractivity contribution in [1.29, 1.82) is 0 Å². The summed E-state index contributed by atoms with van der Waals surface area (Å²) in [6.45, 7) is 3.79. The molecule has 0 bridgehead atoms. The monoisotopic (exact) mass is 360 g/mol. The molecule has 8 nitrogen and oxygen atoms in total. The van der Waals surface area contributed by atoms with Gasteiger partial charge in [0, 0.05) is 35.7 Å². The van der Waals surface area contributed by atoms with Gasteiger partial charge in [0.2, 0.25) is 11.8 Å². The molecule has 1 aromatic rings. The van der Waals surface area contributed by atoms with E-state index >= 15 is 0 Å². The van der Waals surface area contributed by atoms with E-state index < -0.39 is 23.8 Å². The molecule has 2 N–H and O–H groups in total. The number of hydrogen-bond donors (Lipinski definition) is 2. The van der Waals surface area contributed by atoms with Crippen LogP contribution in [0.5, 0.6) is 0 Å². The topological polar surface area (TPSA) is 111 Å². The minimum atomic E-state index is -0.600. The van der Waals surface area contributed by atoms with Crippen molar-refractivity contribution in [3.63, 3.8) is 0 Å². The lowest BCUT2D eigenvalue weighted by Gasteiger charge is -2.05. The minimum absolute atomic E-state index is 0.229. The summed E-state index contributed by atoms with van der Waals surface area (Å²) in [6.07, 6.45) is 4.19. The van der Waals surface area contributed by atoms with Gasteiger partial charge in [0.15, 0.2) is 0 Å². The molecular formula is C18H20N2O6. The van der Waals surface area contributed by atoms with Crippen LogP contribution in [-0.2, 0) is 28.7 Å². The van der Waals surface area contributed by atoms with Crippen LogP contribution in [0.2, 0.25) is 0 Å². The average molecular weight is 360 g/mol. The smallest absolute Gasteiger partial charge is 0.330 e. The van der Waals surface area contributed by atoms with Crippen molar-refractivity contribution in [2.24, 2.45) is 0 Å². The van der Waals surface area contributed by atoms with Crippen LogP contribution >= 0.6 is 0 Å². The van der Waals surface area contributed by atoms with Gasteiger partial charge in [-0.3, -0.25) is 9.59 Å². The summed E-state index contributed by atoms with van der Waals surface area (Å²) in [6, 6.07) is 6.28. The van der Waals surface area contributed by atoms with Gasteiger partial charge in [0.1, 0.15) is 0 Å². The predicted octanol–water partition coefficient (Wildman–Crippen LogP) is 1.80. The summed E-state index contributed by atoms with van der Waals surface area (Å²) in [5.41, 5.74) is 0.951. The lowest BCUT2D eigenvalue weighted by molar-refractivity contribution is -0.138. The summed E-state index contributed by atoms with van der Waals surface area (Å²) in [4.78, 5) is 45.5. The molecule has 1 aromatic carbocycles. The van der Waals surface area contributed by atoms with Crippen molar-refractivity contribution in [2.75, 3.05) is 23.8 Å². The van der Waals surface area contributed by atoms with Crippen LogP contribution in [0.1, 0.15) is 13.8 Å². The zero-order valence-electron chi connectivity index (χ0n) is 14.5. The van der Waals surface area contributed by atoms with Gasteiger partial charge in [-0.05, 0) is 38.1 Å². The second kappa shape index (κ2) is 11.2. The first-order chi connectivity index (χ1) is 12.4. The van der Waals surface area contributed by atoms with Gasteiger partial charge < -0.3 is 20.1 Å². The quantitative estimate of drug-likeness (QED) is 0.540.